The van der Waals surface area contributed by atoms with Gasteiger partial charge in [-0.05, 0) is 30.4 Å². The number of methoxy groups -OCH3 is 1. The summed E-state index contributed by atoms with van der Waals surface area (Å²) in [6, 6.07) is 5.34. The summed E-state index contributed by atoms with van der Waals surface area (Å²) in [5.41, 5.74) is 1.86. The van der Waals surface area contributed by atoms with Gasteiger partial charge in [0.25, 0.3) is 0 Å². The van der Waals surface area contributed by atoms with Gasteiger partial charge < -0.3 is 23.9 Å². The third kappa shape index (κ3) is 5.47. The van der Waals surface area contributed by atoms with E-state index in [1.807, 2.05) is 12.1 Å². The van der Waals surface area contributed by atoms with Crippen LogP contribution in [0.5, 0.6) is 11.5 Å². The van der Waals surface area contributed by atoms with Crippen molar-refractivity contribution in [3.05, 3.63) is 45.7 Å². The van der Waals surface area contributed by atoms with Crippen LogP contribution in [-0.2, 0) is 11.3 Å². The molecule has 2 aliphatic rings. The standard InChI is InChI=1S/C21H23NO6.C3H8/c1-26-6-2-7-27-19-11-20-15(9-14(19)13-3-4-13)17-10-18(23)16(21(24)25)12-22(17)5-8-28-20;1-3-2/h9-13H,2-8H2,1H3,(H,24,25);3H2,1-2H3. The van der Waals surface area contributed by atoms with Crippen LogP contribution in [0.1, 0.15) is 61.4 Å². The molecule has 31 heavy (non-hydrogen) atoms. The maximum absolute atomic E-state index is 12.3. The number of carboxylic acid groups (broad SMARTS) is 1. The second-order valence-electron chi connectivity index (χ2n) is 7.85. The number of hydrogen-bond donors (Lipinski definition) is 1. The molecule has 0 atom stereocenters. The van der Waals surface area contributed by atoms with E-state index in [-0.39, 0.29) is 5.56 Å². The Labute approximate surface area is 182 Å². The van der Waals surface area contributed by atoms with E-state index >= 15 is 0 Å². The zero-order chi connectivity index (χ0) is 22.4. The van der Waals surface area contributed by atoms with Gasteiger partial charge in [0.05, 0.1) is 18.8 Å². The number of pyridine rings is 1. The normalized spacial score (nSPS) is 14.3. The summed E-state index contributed by atoms with van der Waals surface area (Å²) in [4.78, 5) is 23.6. The van der Waals surface area contributed by atoms with Crippen LogP contribution in [0.15, 0.2) is 29.2 Å². The van der Waals surface area contributed by atoms with E-state index < -0.39 is 11.4 Å². The van der Waals surface area contributed by atoms with E-state index in [0.29, 0.717) is 43.7 Å². The van der Waals surface area contributed by atoms with Crippen LogP contribution < -0.4 is 14.9 Å². The maximum atomic E-state index is 12.3. The number of hydrogen-bond acceptors (Lipinski definition) is 5. The fraction of sp³-hybridized carbons (Fsp3) is 0.500. The molecule has 1 saturated carbocycles. The maximum Gasteiger partial charge on any atom is 0.341 e. The zero-order valence-electron chi connectivity index (χ0n) is 18.5. The Morgan fingerprint density at radius 3 is 2.61 bits per heavy atom. The molecule has 0 amide bonds. The number of aromatic carboxylic acids is 1. The van der Waals surface area contributed by atoms with Crippen molar-refractivity contribution in [1.82, 2.24) is 4.57 Å². The summed E-state index contributed by atoms with van der Waals surface area (Å²) in [5.74, 6) is 0.698. The van der Waals surface area contributed by atoms with Gasteiger partial charge in [0.1, 0.15) is 23.7 Å². The Hall–Kier alpha value is -2.80. The molecule has 0 spiro atoms. The number of carboxylic acids is 1. The predicted octanol–water partition coefficient (Wildman–Crippen LogP) is 4.31. The number of carbonyl (C=O) groups is 1. The lowest BCUT2D eigenvalue weighted by Gasteiger charge is -2.16. The highest BCUT2D eigenvalue weighted by Gasteiger charge is 2.30. The summed E-state index contributed by atoms with van der Waals surface area (Å²) in [7, 11) is 1.67. The van der Waals surface area contributed by atoms with Crippen molar-refractivity contribution in [1.29, 1.82) is 0 Å². The van der Waals surface area contributed by atoms with Crippen LogP contribution >= 0.6 is 0 Å². The molecule has 0 bridgehead atoms. The topological polar surface area (TPSA) is 87.0 Å². The van der Waals surface area contributed by atoms with Crippen molar-refractivity contribution in [3.63, 3.8) is 0 Å². The summed E-state index contributed by atoms with van der Waals surface area (Å²) in [6.07, 6.45) is 5.68. The molecule has 1 fully saturated rings. The molecule has 1 aliphatic heterocycles. The zero-order valence-corrected chi connectivity index (χ0v) is 18.5. The molecule has 1 aliphatic carbocycles. The molecule has 2 heterocycles. The fourth-order valence-corrected chi connectivity index (χ4v) is 3.53. The van der Waals surface area contributed by atoms with Crippen LogP contribution in [-0.4, -0.2) is 42.6 Å². The third-order valence-corrected chi connectivity index (χ3v) is 5.10. The van der Waals surface area contributed by atoms with E-state index in [2.05, 4.69) is 13.8 Å². The first-order valence-corrected chi connectivity index (χ1v) is 10.9. The van der Waals surface area contributed by atoms with E-state index in [9.17, 15) is 14.7 Å². The highest BCUT2D eigenvalue weighted by molar-refractivity contribution is 5.87. The highest BCUT2D eigenvalue weighted by Crippen LogP contribution is 2.48. The molecule has 1 aromatic carbocycles. The lowest BCUT2D eigenvalue weighted by molar-refractivity contribution is 0.0694. The minimum atomic E-state index is -1.22. The monoisotopic (exact) mass is 429 g/mol. The van der Waals surface area contributed by atoms with Gasteiger partial charge in [-0.1, -0.05) is 20.3 Å². The number of rotatable bonds is 7. The van der Waals surface area contributed by atoms with Gasteiger partial charge in [-0.2, -0.15) is 0 Å². The Morgan fingerprint density at radius 1 is 1.23 bits per heavy atom. The minimum absolute atomic E-state index is 0.229. The first kappa shape index (κ1) is 22.9. The number of nitrogens with zero attached hydrogens (tertiary/aromatic N) is 1. The Bertz CT molecular complexity index is 977. The smallest absolute Gasteiger partial charge is 0.341 e. The summed E-state index contributed by atoms with van der Waals surface area (Å²) < 4.78 is 18.8. The molecule has 0 unspecified atom stereocenters. The quantitative estimate of drug-likeness (QED) is 0.660. The van der Waals surface area contributed by atoms with Crippen LogP contribution in [0, 0.1) is 0 Å². The Balaban J connectivity index is 0.000000858. The fourth-order valence-electron chi connectivity index (χ4n) is 3.53. The van der Waals surface area contributed by atoms with Gasteiger partial charge in [0, 0.05) is 44.0 Å². The molecule has 1 N–H and O–H groups in total. The molecule has 0 saturated heterocycles. The first-order valence-electron chi connectivity index (χ1n) is 10.9. The average Bonchev–Trinajstić information content (AvgIpc) is 3.58. The van der Waals surface area contributed by atoms with Crippen molar-refractivity contribution < 1.29 is 24.1 Å². The van der Waals surface area contributed by atoms with Crippen LogP contribution in [0.25, 0.3) is 11.3 Å². The van der Waals surface area contributed by atoms with Gasteiger partial charge in [0.15, 0.2) is 5.43 Å². The molecule has 2 aromatic rings. The summed E-state index contributed by atoms with van der Waals surface area (Å²) in [6.45, 7) is 6.30. The number of fused-ring (bicyclic) bond motifs is 3. The Morgan fingerprint density at radius 2 is 1.97 bits per heavy atom. The molecule has 4 rings (SSSR count). The van der Waals surface area contributed by atoms with E-state index in [1.165, 1.54) is 18.7 Å². The number of ether oxygens (including phenoxy) is 3. The molecular formula is C24H31NO6. The summed E-state index contributed by atoms with van der Waals surface area (Å²) >= 11 is 0. The molecule has 1 aromatic heterocycles. The second kappa shape index (κ2) is 10.5. The van der Waals surface area contributed by atoms with Crippen molar-refractivity contribution in [2.45, 2.75) is 52.0 Å². The molecular weight excluding hydrogens is 398 g/mol. The van der Waals surface area contributed by atoms with E-state index in [1.54, 1.807) is 11.7 Å². The van der Waals surface area contributed by atoms with Crippen molar-refractivity contribution in [2.24, 2.45) is 0 Å². The third-order valence-electron chi connectivity index (χ3n) is 5.10. The molecule has 0 radical (unpaired) electrons. The van der Waals surface area contributed by atoms with Crippen LogP contribution in [0.4, 0.5) is 0 Å². The first-order chi connectivity index (χ1) is 15.0. The molecule has 7 heteroatoms. The van der Waals surface area contributed by atoms with Crippen LogP contribution in [0.3, 0.4) is 0 Å². The van der Waals surface area contributed by atoms with Gasteiger partial charge in [-0.3, -0.25) is 4.79 Å². The van der Waals surface area contributed by atoms with E-state index in [0.717, 1.165) is 36.1 Å². The van der Waals surface area contributed by atoms with Crippen molar-refractivity contribution >= 4 is 5.97 Å². The second-order valence-corrected chi connectivity index (χ2v) is 7.85. The minimum Gasteiger partial charge on any atom is -0.493 e. The average molecular weight is 430 g/mol. The molecule has 168 valence electrons. The van der Waals surface area contributed by atoms with Gasteiger partial charge in [-0.15, -0.1) is 0 Å². The van der Waals surface area contributed by atoms with Crippen molar-refractivity contribution in [3.8, 4) is 22.8 Å². The van der Waals surface area contributed by atoms with Gasteiger partial charge in [0.2, 0.25) is 0 Å². The molecule has 7 nitrogen and oxygen atoms in total. The largest absolute Gasteiger partial charge is 0.493 e. The number of benzene rings is 1. The number of aromatic nitrogens is 1. The Kier molecular flexibility index (Phi) is 7.74. The van der Waals surface area contributed by atoms with E-state index in [4.69, 9.17) is 14.2 Å². The highest BCUT2D eigenvalue weighted by atomic mass is 16.5. The predicted molar refractivity (Wildman–Crippen MR) is 119 cm³/mol. The van der Waals surface area contributed by atoms with Gasteiger partial charge in [-0.25, -0.2) is 4.79 Å². The van der Waals surface area contributed by atoms with Crippen molar-refractivity contribution in [2.75, 3.05) is 26.9 Å². The summed E-state index contributed by atoms with van der Waals surface area (Å²) in [5, 5.41) is 9.24. The SMILES string of the molecule is CCC.COCCCOc1cc2c(cc1C1CC1)-c1cc(=O)c(C(=O)O)cn1CCO2. The lowest BCUT2D eigenvalue weighted by atomic mass is 10.0. The lowest BCUT2D eigenvalue weighted by Crippen LogP contribution is -2.19. The van der Waals surface area contributed by atoms with Crippen LogP contribution in [0.2, 0.25) is 0 Å². The van der Waals surface area contributed by atoms with Gasteiger partial charge >= 0.3 is 5.97 Å².